The number of benzene rings is 1. The minimum absolute atomic E-state index is 0.116. The Morgan fingerprint density at radius 3 is 2.65 bits per heavy atom. The molecule has 1 aromatic carbocycles. The van der Waals surface area contributed by atoms with E-state index in [1.165, 1.54) is 6.07 Å². The van der Waals surface area contributed by atoms with Crippen molar-refractivity contribution in [3.8, 4) is 0 Å². The van der Waals surface area contributed by atoms with Crippen LogP contribution < -0.4 is 11.1 Å². The molecule has 0 aromatic heterocycles. The van der Waals surface area contributed by atoms with Crippen LogP contribution in [0.4, 0.5) is 10.1 Å². The highest BCUT2D eigenvalue weighted by atomic mass is 79.9. The number of carbonyl (C=O) groups excluding carboxylic acids is 1. The Balaban J connectivity index is 2.87. The molecule has 0 heterocycles. The first-order valence-corrected chi connectivity index (χ1v) is 6.21. The molecular formula is C12H16BrFN2O. The van der Waals surface area contributed by atoms with E-state index in [9.17, 15) is 9.18 Å². The van der Waals surface area contributed by atoms with E-state index in [1.807, 2.05) is 13.8 Å². The first kappa shape index (κ1) is 14.1. The van der Waals surface area contributed by atoms with Crippen LogP contribution in [0.15, 0.2) is 22.7 Å². The smallest absolute Gasteiger partial charge is 0.229 e. The zero-order valence-electron chi connectivity index (χ0n) is 9.84. The maximum Gasteiger partial charge on any atom is 0.229 e. The number of halogens is 2. The van der Waals surface area contributed by atoms with Crippen molar-refractivity contribution in [2.45, 2.75) is 13.8 Å². The van der Waals surface area contributed by atoms with Crippen molar-refractivity contribution in [2.75, 3.05) is 11.9 Å². The van der Waals surface area contributed by atoms with Gasteiger partial charge in [0, 0.05) is 11.0 Å². The standard InChI is InChI=1S/C12H16BrFN2O/c1-7(2)8(6-15)12(17)16-11-9(13)4-3-5-10(11)14/h3-5,7-8H,6,15H2,1-2H3,(H,16,17). The molecule has 0 bridgehead atoms. The van der Waals surface area contributed by atoms with E-state index >= 15 is 0 Å². The van der Waals surface area contributed by atoms with Crippen LogP contribution in [0.25, 0.3) is 0 Å². The molecular weight excluding hydrogens is 287 g/mol. The van der Waals surface area contributed by atoms with E-state index in [-0.39, 0.29) is 30.0 Å². The second kappa shape index (κ2) is 6.12. The lowest BCUT2D eigenvalue weighted by atomic mass is 9.95. The maximum absolute atomic E-state index is 13.5. The highest BCUT2D eigenvalue weighted by molar-refractivity contribution is 9.10. The maximum atomic E-state index is 13.5. The Hall–Kier alpha value is -0.940. The largest absolute Gasteiger partial charge is 0.330 e. The monoisotopic (exact) mass is 302 g/mol. The summed E-state index contributed by atoms with van der Waals surface area (Å²) in [6.07, 6.45) is 0. The minimum Gasteiger partial charge on any atom is -0.330 e. The fourth-order valence-electron chi connectivity index (χ4n) is 1.52. The third-order valence-corrected chi connectivity index (χ3v) is 3.27. The molecule has 0 aliphatic rings. The predicted octanol–water partition coefficient (Wildman–Crippen LogP) is 2.76. The number of hydrogen-bond donors (Lipinski definition) is 2. The molecule has 0 aliphatic heterocycles. The third-order valence-electron chi connectivity index (χ3n) is 2.61. The van der Waals surface area contributed by atoms with Gasteiger partial charge in [-0.1, -0.05) is 19.9 Å². The Bertz CT molecular complexity index is 389. The molecule has 3 N–H and O–H groups in total. The lowest BCUT2D eigenvalue weighted by molar-refractivity contribution is -0.120. The summed E-state index contributed by atoms with van der Waals surface area (Å²) in [4.78, 5) is 11.9. The van der Waals surface area contributed by atoms with Gasteiger partial charge in [0.25, 0.3) is 0 Å². The van der Waals surface area contributed by atoms with Crippen LogP contribution >= 0.6 is 15.9 Å². The van der Waals surface area contributed by atoms with Gasteiger partial charge in [-0.25, -0.2) is 4.39 Å². The molecule has 3 nitrogen and oxygen atoms in total. The number of amides is 1. The van der Waals surface area contributed by atoms with Crippen molar-refractivity contribution in [3.05, 3.63) is 28.5 Å². The van der Waals surface area contributed by atoms with Gasteiger partial charge in [0.1, 0.15) is 5.82 Å². The summed E-state index contributed by atoms with van der Waals surface area (Å²) in [5, 5.41) is 2.57. The lowest BCUT2D eigenvalue weighted by Gasteiger charge is -2.19. The number of anilines is 1. The van der Waals surface area contributed by atoms with Crippen molar-refractivity contribution in [3.63, 3.8) is 0 Å². The number of para-hydroxylation sites is 1. The van der Waals surface area contributed by atoms with Crippen molar-refractivity contribution in [1.29, 1.82) is 0 Å². The number of carbonyl (C=O) groups is 1. The molecule has 0 fully saturated rings. The van der Waals surface area contributed by atoms with Gasteiger partial charge in [-0.2, -0.15) is 0 Å². The van der Waals surface area contributed by atoms with Crippen LogP contribution in [-0.4, -0.2) is 12.5 Å². The number of nitrogens with two attached hydrogens (primary N) is 1. The first-order valence-electron chi connectivity index (χ1n) is 5.42. The molecule has 1 atom stereocenters. The SMILES string of the molecule is CC(C)C(CN)C(=O)Nc1c(F)cccc1Br. The molecule has 94 valence electrons. The molecule has 0 saturated carbocycles. The van der Waals surface area contributed by atoms with Crippen LogP contribution in [0.2, 0.25) is 0 Å². The van der Waals surface area contributed by atoms with E-state index in [2.05, 4.69) is 21.2 Å². The minimum atomic E-state index is -0.466. The van der Waals surface area contributed by atoms with Gasteiger partial charge in [-0.15, -0.1) is 0 Å². The average Bonchev–Trinajstić information content (AvgIpc) is 2.24. The highest BCUT2D eigenvalue weighted by Gasteiger charge is 2.22. The average molecular weight is 303 g/mol. The molecule has 0 spiro atoms. The highest BCUT2D eigenvalue weighted by Crippen LogP contribution is 2.26. The molecule has 1 unspecified atom stereocenters. The number of rotatable bonds is 4. The lowest BCUT2D eigenvalue weighted by Crippen LogP contribution is -2.33. The Morgan fingerprint density at radius 1 is 1.53 bits per heavy atom. The number of nitrogens with one attached hydrogen (secondary N) is 1. The van der Waals surface area contributed by atoms with Gasteiger partial charge in [-0.05, 0) is 34.0 Å². The van der Waals surface area contributed by atoms with Crippen LogP contribution in [0.1, 0.15) is 13.8 Å². The Kier molecular flexibility index (Phi) is 5.08. The topological polar surface area (TPSA) is 55.1 Å². The molecule has 5 heteroatoms. The van der Waals surface area contributed by atoms with Crippen molar-refractivity contribution in [1.82, 2.24) is 0 Å². The third kappa shape index (κ3) is 3.51. The molecule has 0 aliphatic carbocycles. The second-order valence-electron chi connectivity index (χ2n) is 4.17. The van der Waals surface area contributed by atoms with E-state index in [0.717, 1.165) is 0 Å². The quantitative estimate of drug-likeness (QED) is 0.898. The molecule has 17 heavy (non-hydrogen) atoms. The second-order valence-corrected chi connectivity index (χ2v) is 5.03. The van der Waals surface area contributed by atoms with Gasteiger partial charge < -0.3 is 11.1 Å². The predicted molar refractivity (Wildman–Crippen MR) is 70.1 cm³/mol. The summed E-state index contributed by atoms with van der Waals surface area (Å²) in [7, 11) is 0. The molecule has 1 amide bonds. The van der Waals surface area contributed by atoms with Gasteiger partial charge in [0.05, 0.1) is 11.6 Å². The van der Waals surface area contributed by atoms with E-state index in [4.69, 9.17) is 5.73 Å². The summed E-state index contributed by atoms with van der Waals surface area (Å²) in [6, 6.07) is 4.54. The summed E-state index contributed by atoms with van der Waals surface area (Å²) < 4.78 is 14.0. The van der Waals surface area contributed by atoms with Gasteiger partial charge in [-0.3, -0.25) is 4.79 Å². The fourth-order valence-corrected chi connectivity index (χ4v) is 1.96. The first-order chi connectivity index (χ1) is 7.97. The summed E-state index contributed by atoms with van der Waals surface area (Å²) >= 11 is 3.20. The van der Waals surface area contributed by atoms with Gasteiger partial charge >= 0.3 is 0 Å². The van der Waals surface area contributed by atoms with Crippen LogP contribution in [0.3, 0.4) is 0 Å². The molecule has 0 radical (unpaired) electrons. The van der Waals surface area contributed by atoms with E-state index in [0.29, 0.717) is 4.47 Å². The van der Waals surface area contributed by atoms with Gasteiger partial charge in [0.15, 0.2) is 0 Å². The molecule has 1 aromatic rings. The van der Waals surface area contributed by atoms with Crippen LogP contribution in [-0.2, 0) is 4.79 Å². The van der Waals surface area contributed by atoms with Gasteiger partial charge in [0.2, 0.25) is 5.91 Å². The Morgan fingerprint density at radius 2 is 2.18 bits per heavy atom. The molecule has 0 saturated heterocycles. The number of hydrogen-bond acceptors (Lipinski definition) is 2. The van der Waals surface area contributed by atoms with Crippen molar-refractivity contribution >= 4 is 27.5 Å². The van der Waals surface area contributed by atoms with E-state index < -0.39 is 5.82 Å². The van der Waals surface area contributed by atoms with Crippen LogP contribution in [0.5, 0.6) is 0 Å². The summed E-state index contributed by atoms with van der Waals surface area (Å²) in [6.45, 7) is 4.07. The van der Waals surface area contributed by atoms with Crippen molar-refractivity contribution < 1.29 is 9.18 Å². The van der Waals surface area contributed by atoms with Crippen molar-refractivity contribution in [2.24, 2.45) is 17.6 Å². The summed E-state index contributed by atoms with van der Waals surface area (Å²) in [5.74, 6) is -0.924. The zero-order valence-corrected chi connectivity index (χ0v) is 11.4. The van der Waals surface area contributed by atoms with Crippen LogP contribution in [0, 0.1) is 17.7 Å². The zero-order chi connectivity index (χ0) is 13.0. The Labute approximate surface area is 109 Å². The molecule has 1 rings (SSSR count). The normalized spacial score (nSPS) is 12.6. The van der Waals surface area contributed by atoms with E-state index in [1.54, 1.807) is 12.1 Å². The fraction of sp³-hybridized carbons (Fsp3) is 0.417. The summed E-state index contributed by atoms with van der Waals surface area (Å²) in [5.41, 5.74) is 5.70.